The van der Waals surface area contributed by atoms with Gasteiger partial charge in [0.05, 0.1) is 32.6 Å². The van der Waals surface area contributed by atoms with Crippen LogP contribution in [0.15, 0.2) is 48.2 Å². The maximum absolute atomic E-state index is 13.2. The van der Waals surface area contributed by atoms with Gasteiger partial charge in [0, 0.05) is 17.8 Å². The van der Waals surface area contributed by atoms with Gasteiger partial charge in [0.25, 0.3) is 5.91 Å². The number of hydrogen-bond acceptors (Lipinski definition) is 6. The number of aryl methyl sites for hydroxylation is 2. The van der Waals surface area contributed by atoms with Crippen molar-refractivity contribution < 1.29 is 19.0 Å². The van der Waals surface area contributed by atoms with E-state index in [0.717, 1.165) is 39.6 Å². The second kappa shape index (κ2) is 12.1. The van der Waals surface area contributed by atoms with Gasteiger partial charge in [0.15, 0.2) is 16.6 Å². The highest BCUT2D eigenvalue weighted by molar-refractivity contribution is 7.80. The van der Waals surface area contributed by atoms with Crippen LogP contribution in [-0.4, -0.2) is 52.6 Å². The molecule has 0 radical (unpaired) electrons. The van der Waals surface area contributed by atoms with Crippen LogP contribution in [0.5, 0.6) is 17.2 Å². The number of carbonyl (C=O) groups excluding carboxylic acids is 1. The van der Waals surface area contributed by atoms with Gasteiger partial charge in [-0.05, 0) is 93.9 Å². The molecule has 4 rings (SSSR count). The molecule has 200 valence electrons. The van der Waals surface area contributed by atoms with Gasteiger partial charge < -0.3 is 19.5 Å². The van der Waals surface area contributed by atoms with Gasteiger partial charge in [-0.15, -0.1) is 0 Å². The minimum absolute atomic E-state index is 0.151. The first kappa shape index (κ1) is 27.2. The number of nitrogens with zero attached hydrogens (tertiary/aromatic N) is 3. The molecular weight excluding hydrogens is 500 g/mol. The lowest BCUT2D eigenvalue weighted by molar-refractivity contribution is -0.122. The summed E-state index contributed by atoms with van der Waals surface area (Å²) < 4.78 is 18.9. The number of rotatable bonds is 11. The third-order valence-corrected chi connectivity index (χ3v) is 6.56. The standard InChI is InChI=1S/C29H34N4O4S/c1-6-36-26-11-8-21(17-27(26)37-7-2)12-13-32-28(34)24(30-29(32)38)16-22-9-10-25(35-5)23(15-22)18-33-20(4)14-19(3)31-33/h8-11,14-17H,6-7,12-13,18H2,1-5H3,(H,30,38)/b24-16+. The van der Waals surface area contributed by atoms with Crippen LogP contribution in [0.3, 0.4) is 0 Å². The molecule has 1 amide bonds. The molecule has 1 saturated heterocycles. The molecule has 1 aromatic heterocycles. The Labute approximate surface area is 229 Å². The first-order valence-electron chi connectivity index (χ1n) is 12.7. The average molecular weight is 535 g/mol. The molecule has 0 spiro atoms. The van der Waals surface area contributed by atoms with Crippen LogP contribution in [0.2, 0.25) is 0 Å². The molecule has 0 aliphatic carbocycles. The first-order valence-corrected chi connectivity index (χ1v) is 13.1. The quantitative estimate of drug-likeness (QED) is 0.283. The summed E-state index contributed by atoms with van der Waals surface area (Å²) in [5, 5.41) is 8.04. The predicted molar refractivity (Wildman–Crippen MR) is 152 cm³/mol. The van der Waals surface area contributed by atoms with Crippen molar-refractivity contribution in [2.24, 2.45) is 0 Å². The van der Waals surface area contributed by atoms with Gasteiger partial charge >= 0.3 is 0 Å². The van der Waals surface area contributed by atoms with Crippen molar-refractivity contribution in [3.05, 3.63) is 76.2 Å². The number of thiocarbonyl (C=S) groups is 1. The Morgan fingerprint density at radius 2 is 1.74 bits per heavy atom. The molecule has 9 heteroatoms. The van der Waals surface area contributed by atoms with Gasteiger partial charge in [-0.1, -0.05) is 12.1 Å². The van der Waals surface area contributed by atoms with Crippen LogP contribution in [0.1, 0.15) is 41.9 Å². The number of aromatic nitrogens is 2. The second-order valence-electron chi connectivity index (χ2n) is 9.00. The summed E-state index contributed by atoms with van der Waals surface area (Å²) >= 11 is 5.49. The smallest absolute Gasteiger partial charge is 0.276 e. The Bertz CT molecular complexity index is 1360. The molecule has 3 aromatic rings. The molecule has 2 aromatic carbocycles. The van der Waals surface area contributed by atoms with Crippen molar-refractivity contribution in [2.75, 3.05) is 26.9 Å². The Morgan fingerprint density at radius 3 is 2.42 bits per heavy atom. The van der Waals surface area contributed by atoms with Crippen molar-refractivity contribution in [1.82, 2.24) is 20.0 Å². The van der Waals surface area contributed by atoms with Crippen molar-refractivity contribution in [3.8, 4) is 17.2 Å². The fraction of sp³-hybridized carbons (Fsp3) is 0.345. The molecule has 38 heavy (non-hydrogen) atoms. The molecule has 1 aliphatic rings. The maximum atomic E-state index is 13.2. The highest BCUT2D eigenvalue weighted by Gasteiger charge is 2.30. The lowest BCUT2D eigenvalue weighted by atomic mass is 10.1. The lowest BCUT2D eigenvalue weighted by Gasteiger charge is -2.16. The molecule has 1 N–H and O–H groups in total. The number of ether oxygens (including phenoxy) is 3. The van der Waals surface area contributed by atoms with Crippen molar-refractivity contribution in [1.29, 1.82) is 0 Å². The topological polar surface area (TPSA) is 77.8 Å². The highest BCUT2D eigenvalue weighted by Crippen LogP contribution is 2.29. The second-order valence-corrected chi connectivity index (χ2v) is 9.38. The molecule has 1 aliphatic heterocycles. The van der Waals surface area contributed by atoms with E-state index in [1.54, 1.807) is 12.0 Å². The summed E-state index contributed by atoms with van der Waals surface area (Å²) in [5.74, 6) is 2.04. The third kappa shape index (κ3) is 6.16. The number of benzene rings is 2. The molecular formula is C29H34N4O4S. The van der Waals surface area contributed by atoms with Gasteiger partial charge in [-0.25, -0.2) is 0 Å². The zero-order valence-corrected chi connectivity index (χ0v) is 23.4. The van der Waals surface area contributed by atoms with Crippen LogP contribution in [0, 0.1) is 13.8 Å². The van der Waals surface area contributed by atoms with Crippen molar-refractivity contribution in [3.63, 3.8) is 0 Å². The number of nitrogens with one attached hydrogen (secondary N) is 1. The van der Waals surface area contributed by atoms with Gasteiger partial charge in [-0.2, -0.15) is 5.10 Å². The maximum Gasteiger partial charge on any atom is 0.276 e. The lowest BCUT2D eigenvalue weighted by Crippen LogP contribution is -2.32. The zero-order chi connectivity index (χ0) is 27.2. The van der Waals surface area contributed by atoms with E-state index in [4.69, 9.17) is 26.4 Å². The fourth-order valence-corrected chi connectivity index (χ4v) is 4.73. The summed E-state index contributed by atoms with van der Waals surface area (Å²) in [7, 11) is 1.65. The van der Waals surface area contributed by atoms with Gasteiger partial charge in [0.1, 0.15) is 11.4 Å². The summed E-state index contributed by atoms with van der Waals surface area (Å²) in [6.45, 7) is 10.0. The largest absolute Gasteiger partial charge is 0.496 e. The van der Waals surface area contributed by atoms with Crippen LogP contribution >= 0.6 is 12.2 Å². The van der Waals surface area contributed by atoms with E-state index in [1.807, 2.05) is 80.9 Å². The van der Waals surface area contributed by atoms with Gasteiger partial charge in [0.2, 0.25) is 0 Å². The monoisotopic (exact) mass is 534 g/mol. The van der Waals surface area contributed by atoms with E-state index in [-0.39, 0.29) is 5.91 Å². The summed E-state index contributed by atoms with van der Waals surface area (Å²) in [6, 6.07) is 13.7. The highest BCUT2D eigenvalue weighted by atomic mass is 32.1. The van der Waals surface area contributed by atoms with Gasteiger partial charge in [-0.3, -0.25) is 14.4 Å². The van der Waals surface area contributed by atoms with E-state index in [0.29, 0.717) is 49.3 Å². The Hall–Kier alpha value is -3.85. The zero-order valence-electron chi connectivity index (χ0n) is 22.5. The number of methoxy groups -OCH3 is 1. The number of amides is 1. The third-order valence-electron chi connectivity index (χ3n) is 6.23. The minimum Gasteiger partial charge on any atom is -0.496 e. The molecule has 0 atom stereocenters. The van der Waals surface area contributed by atoms with E-state index >= 15 is 0 Å². The van der Waals surface area contributed by atoms with E-state index in [1.165, 1.54) is 0 Å². The van der Waals surface area contributed by atoms with Crippen molar-refractivity contribution in [2.45, 2.75) is 40.7 Å². The van der Waals surface area contributed by atoms with E-state index in [2.05, 4.69) is 10.4 Å². The summed E-state index contributed by atoms with van der Waals surface area (Å²) in [5.41, 5.74) is 5.36. The first-order chi connectivity index (χ1) is 18.3. The summed E-state index contributed by atoms with van der Waals surface area (Å²) in [4.78, 5) is 14.8. The molecule has 0 bridgehead atoms. The summed E-state index contributed by atoms with van der Waals surface area (Å²) in [6.07, 6.45) is 2.45. The fourth-order valence-electron chi connectivity index (χ4n) is 4.44. The van der Waals surface area contributed by atoms with E-state index in [9.17, 15) is 4.79 Å². The van der Waals surface area contributed by atoms with Crippen LogP contribution < -0.4 is 19.5 Å². The molecule has 2 heterocycles. The number of carbonyl (C=O) groups is 1. The predicted octanol–water partition coefficient (Wildman–Crippen LogP) is 4.65. The Balaban J connectivity index is 1.49. The Morgan fingerprint density at radius 1 is 1.00 bits per heavy atom. The minimum atomic E-state index is -0.151. The van der Waals surface area contributed by atoms with Crippen LogP contribution in [-0.2, 0) is 17.8 Å². The van der Waals surface area contributed by atoms with Crippen LogP contribution in [0.4, 0.5) is 0 Å². The SMILES string of the molecule is CCOc1ccc(CCN2C(=O)/C(=C\c3ccc(OC)c(Cn4nc(C)cc4C)c3)NC2=S)cc1OCC. The van der Waals surface area contributed by atoms with Crippen molar-refractivity contribution >= 4 is 29.3 Å². The normalized spacial score (nSPS) is 14.2. The molecule has 1 fully saturated rings. The van der Waals surface area contributed by atoms with Crippen LogP contribution in [0.25, 0.3) is 6.08 Å². The Kier molecular flexibility index (Phi) is 8.68. The molecule has 8 nitrogen and oxygen atoms in total. The average Bonchev–Trinajstić information content (AvgIpc) is 3.35. The molecule has 0 unspecified atom stereocenters. The molecule has 0 saturated carbocycles. The van der Waals surface area contributed by atoms with E-state index < -0.39 is 0 Å². The number of hydrogen-bond donors (Lipinski definition) is 1.